The van der Waals surface area contributed by atoms with Gasteiger partial charge in [-0.05, 0) is 46.1 Å². The number of nitrogens with one attached hydrogen (secondary N) is 1. The Labute approximate surface area is 117 Å². The lowest BCUT2D eigenvalue weighted by atomic mass is 9.85. The van der Waals surface area contributed by atoms with Gasteiger partial charge < -0.3 is 10.1 Å². The van der Waals surface area contributed by atoms with Crippen LogP contribution < -0.4 is 5.32 Å². The van der Waals surface area contributed by atoms with E-state index in [1.165, 1.54) is 6.42 Å². The third kappa shape index (κ3) is 3.93. The molecule has 1 heterocycles. The van der Waals surface area contributed by atoms with Gasteiger partial charge in [-0.2, -0.15) is 0 Å². The Hall–Kier alpha value is -0.610. The fourth-order valence-corrected chi connectivity index (χ4v) is 2.98. The molecule has 1 aliphatic heterocycles. The molecule has 1 saturated heterocycles. The standard InChI is InChI=1S/C15H30N2O2/c1-7-19-14(18)15(5,16-6)10-17-9-11(2)8-12(3)13(17)4/h11-13,16H,7-10H2,1-6H3. The molecule has 19 heavy (non-hydrogen) atoms. The third-order valence-corrected chi connectivity index (χ3v) is 4.52. The van der Waals surface area contributed by atoms with Gasteiger partial charge in [-0.15, -0.1) is 0 Å². The highest BCUT2D eigenvalue weighted by Gasteiger charge is 2.39. The van der Waals surface area contributed by atoms with E-state index in [-0.39, 0.29) is 5.97 Å². The van der Waals surface area contributed by atoms with Crippen LogP contribution in [0.25, 0.3) is 0 Å². The Morgan fingerprint density at radius 1 is 1.42 bits per heavy atom. The molecule has 0 saturated carbocycles. The quantitative estimate of drug-likeness (QED) is 0.775. The van der Waals surface area contributed by atoms with Crippen molar-refractivity contribution in [3.8, 4) is 0 Å². The molecule has 1 N–H and O–H groups in total. The van der Waals surface area contributed by atoms with Crippen molar-refractivity contribution in [2.75, 3.05) is 26.7 Å². The van der Waals surface area contributed by atoms with Gasteiger partial charge in [0.05, 0.1) is 6.61 Å². The van der Waals surface area contributed by atoms with Gasteiger partial charge in [-0.1, -0.05) is 13.8 Å². The van der Waals surface area contributed by atoms with E-state index >= 15 is 0 Å². The van der Waals surface area contributed by atoms with Gasteiger partial charge in [0.15, 0.2) is 0 Å². The summed E-state index contributed by atoms with van der Waals surface area (Å²) in [6.07, 6.45) is 1.27. The number of hydrogen-bond acceptors (Lipinski definition) is 4. The van der Waals surface area contributed by atoms with Crippen molar-refractivity contribution < 1.29 is 9.53 Å². The Kier molecular flexibility index (Phi) is 5.81. The van der Waals surface area contributed by atoms with Crippen LogP contribution in [0, 0.1) is 11.8 Å². The normalized spacial score (nSPS) is 31.8. The predicted octanol–water partition coefficient (Wildman–Crippen LogP) is 1.89. The van der Waals surface area contributed by atoms with E-state index in [1.54, 1.807) is 0 Å². The van der Waals surface area contributed by atoms with Gasteiger partial charge in [0.1, 0.15) is 5.54 Å². The molecule has 0 radical (unpaired) electrons. The van der Waals surface area contributed by atoms with E-state index < -0.39 is 5.54 Å². The summed E-state index contributed by atoms with van der Waals surface area (Å²) in [6.45, 7) is 12.8. The molecular formula is C15H30N2O2. The molecule has 0 aliphatic carbocycles. The zero-order valence-corrected chi connectivity index (χ0v) is 13.3. The van der Waals surface area contributed by atoms with Crippen LogP contribution in [-0.4, -0.2) is 49.2 Å². The second-order valence-electron chi connectivity index (χ2n) is 6.29. The number of carbonyl (C=O) groups excluding carboxylic acids is 1. The van der Waals surface area contributed by atoms with Crippen LogP contribution in [0.15, 0.2) is 0 Å². The largest absolute Gasteiger partial charge is 0.465 e. The first-order chi connectivity index (χ1) is 8.84. The number of likely N-dealkylation sites (N-methyl/N-ethyl adjacent to an activating group) is 1. The van der Waals surface area contributed by atoms with Gasteiger partial charge in [0, 0.05) is 19.1 Å². The number of carbonyl (C=O) groups is 1. The molecule has 0 amide bonds. The minimum absolute atomic E-state index is 0.157. The minimum atomic E-state index is -0.624. The van der Waals surface area contributed by atoms with Crippen LogP contribution in [0.4, 0.5) is 0 Å². The van der Waals surface area contributed by atoms with E-state index in [1.807, 2.05) is 20.9 Å². The summed E-state index contributed by atoms with van der Waals surface area (Å²) < 4.78 is 5.20. The van der Waals surface area contributed by atoms with Gasteiger partial charge in [-0.25, -0.2) is 0 Å². The number of likely N-dealkylation sites (tertiary alicyclic amines) is 1. The van der Waals surface area contributed by atoms with Crippen LogP contribution in [0.2, 0.25) is 0 Å². The Bertz CT molecular complexity index is 309. The summed E-state index contributed by atoms with van der Waals surface area (Å²) in [6, 6.07) is 0.512. The summed E-state index contributed by atoms with van der Waals surface area (Å²) in [5.74, 6) is 1.21. The molecule has 0 aromatic carbocycles. The SMILES string of the molecule is CCOC(=O)C(C)(CN1CC(C)CC(C)C1C)NC. The Morgan fingerprint density at radius 3 is 2.58 bits per heavy atom. The average Bonchev–Trinajstić information content (AvgIpc) is 2.35. The molecule has 4 atom stereocenters. The number of ether oxygens (including phenoxy) is 1. The number of hydrogen-bond donors (Lipinski definition) is 1. The highest BCUT2D eigenvalue weighted by Crippen LogP contribution is 2.28. The average molecular weight is 270 g/mol. The molecule has 0 spiro atoms. The van der Waals surface area contributed by atoms with Gasteiger partial charge in [0.2, 0.25) is 0 Å². The van der Waals surface area contributed by atoms with E-state index in [9.17, 15) is 4.79 Å². The van der Waals surface area contributed by atoms with Crippen molar-refractivity contribution in [1.82, 2.24) is 10.2 Å². The summed E-state index contributed by atoms with van der Waals surface area (Å²) in [4.78, 5) is 14.6. The lowest BCUT2D eigenvalue weighted by Crippen LogP contribution is -2.60. The third-order valence-electron chi connectivity index (χ3n) is 4.52. The maximum atomic E-state index is 12.1. The maximum Gasteiger partial charge on any atom is 0.327 e. The molecule has 4 heteroatoms. The van der Waals surface area contributed by atoms with Crippen molar-refractivity contribution >= 4 is 5.97 Å². The second kappa shape index (κ2) is 6.71. The molecule has 0 aromatic heterocycles. The number of rotatable bonds is 5. The topological polar surface area (TPSA) is 41.6 Å². The number of piperidine rings is 1. The first-order valence-corrected chi connectivity index (χ1v) is 7.44. The van der Waals surface area contributed by atoms with Crippen molar-refractivity contribution in [3.05, 3.63) is 0 Å². The zero-order chi connectivity index (χ0) is 14.6. The Morgan fingerprint density at radius 2 is 2.05 bits per heavy atom. The van der Waals surface area contributed by atoms with E-state index in [4.69, 9.17) is 4.74 Å². The molecule has 4 unspecified atom stereocenters. The fraction of sp³-hybridized carbons (Fsp3) is 0.933. The Balaban J connectivity index is 2.76. The van der Waals surface area contributed by atoms with Gasteiger partial charge >= 0.3 is 5.97 Å². The molecule has 1 rings (SSSR count). The number of esters is 1. The monoisotopic (exact) mass is 270 g/mol. The van der Waals surface area contributed by atoms with Crippen LogP contribution >= 0.6 is 0 Å². The lowest BCUT2D eigenvalue weighted by Gasteiger charge is -2.44. The fourth-order valence-electron chi connectivity index (χ4n) is 2.98. The van der Waals surface area contributed by atoms with Gasteiger partial charge in [-0.3, -0.25) is 9.69 Å². The van der Waals surface area contributed by atoms with Crippen LogP contribution in [0.1, 0.15) is 41.0 Å². The molecule has 112 valence electrons. The van der Waals surface area contributed by atoms with Crippen molar-refractivity contribution in [2.24, 2.45) is 11.8 Å². The van der Waals surface area contributed by atoms with Crippen LogP contribution in [-0.2, 0) is 9.53 Å². The summed E-state index contributed by atoms with van der Waals surface area (Å²) >= 11 is 0. The van der Waals surface area contributed by atoms with Crippen molar-refractivity contribution in [3.63, 3.8) is 0 Å². The van der Waals surface area contributed by atoms with E-state index in [2.05, 4.69) is 31.0 Å². The molecule has 1 aliphatic rings. The maximum absolute atomic E-state index is 12.1. The molecule has 4 nitrogen and oxygen atoms in total. The first kappa shape index (κ1) is 16.4. The van der Waals surface area contributed by atoms with Crippen LogP contribution in [0.5, 0.6) is 0 Å². The van der Waals surface area contributed by atoms with E-state index in [0.29, 0.717) is 31.0 Å². The number of nitrogens with zero attached hydrogens (tertiary/aromatic N) is 1. The first-order valence-electron chi connectivity index (χ1n) is 7.44. The second-order valence-corrected chi connectivity index (χ2v) is 6.29. The minimum Gasteiger partial charge on any atom is -0.465 e. The summed E-state index contributed by atoms with van der Waals surface area (Å²) in [7, 11) is 1.83. The van der Waals surface area contributed by atoms with Crippen molar-refractivity contribution in [2.45, 2.75) is 52.6 Å². The van der Waals surface area contributed by atoms with Gasteiger partial charge in [0.25, 0.3) is 0 Å². The van der Waals surface area contributed by atoms with Crippen LogP contribution in [0.3, 0.4) is 0 Å². The lowest BCUT2D eigenvalue weighted by molar-refractivity contribution is -0.151. The highest BCUT2D eigenvalue weighted by molar-refractivity contribution is 5.80. The molecular weight excluding hydrogens is 240 g/mol. The summed E-state index contributed by atoms with van der Waals surface area (Å²) in [5.41, 5.74) is -0.624. The zero-order valence-electron chi connectivity index (χ0n) is 13.3. The molecule has 0 aromatic rings. The van der Waals surface area contributed by atoms with Crippen molar-refractivity contribution in [1.29, 1.82) is 0 Å². The molecule has 1 fully saturated rings. The smallest absolute Gasteiger partial charge is 0.327 e. The molecule has 0 bridgehead atoms. The predicted molar refractivity (Wildman–Crippen MR) is 78.1 cm³/mol. The highest BCUT2D eigenvalue weighted by atomic mass is 16.5. The summed E-state index contributed by atoms with van der Waals surface area (Å²) in [5, 5.41) is 3.14. The van der Waals surface area contributed by atoms with E-state index in [0.717, 1.165) is 6.54 Å².